The lowest BCUT2D eigenvalue weighted by Gasteiger charge is -2.02. The van der Waals surface area contributed by atoms with Crippen LogP contribution in [0, 0.1) is 0 Å². The monoisotopic (exact) mass is 117 g/mol. The van der Waals surface area contributed by atoms with Crippen LogP contribution < -0.4 is 0 Å². The first-order valence-electron chi connectivity index (χ1n) is 2.15. The first-order valence-corrected chi connectivity index (χ1v) is 2.15. The van der Waals surface area contributed by atoms with E-state index >= 15 is 0 Å². The normalized spacial score (nSPS) is 8.12. The highest BCUT2D eigenvalue weighted by molar-refractivity contribution is 5.51. The zero-order valence-electron chi connectivity index (χ0n) is 4.28. The Hall–Kier alpha value is -0.900. The second kappa shape index (κ2) is 4.26. The summed E-state index contributed by atoms with van der Waals surface area (Å²) < 4.78 is 0. The fraction of sp³-hybridized carbons (Fsp3) is 0.500. The van der Waals surface area contributed by atoms with E-state index < -0.39 is 0 Å². The predicted octanol–water partition coefficient (Wildman–Crippen LogP) is -0.577. The molecule has 0 aromatic carbocycles. The van der Waals surface area contributed by atoms with Crippen molar-refractivity contribution in [3.05, 3.63) is 0 Å². The van der Waals surface area contributed by atoms with Gasteiger partial charge in [-0.2, -0.15) is 0 Å². The number of amides is 1. The topological polar surface area (TPSA) is 57.6 Å². The maximum atomic E-state index is 9.57. The number of hydrogen-bond donors (Lipinski definition) is 1. The van der Waals surface area contributed by atoms with Crippen LogP contribution >= 0.6 is 0 Å². The molecule has 0 rings (SSSR count). The molecule has 0 atom stereocenters. The molecule has 0 saturated carbocycles. The van der Waals surface area contributed by atoms with Crippen LogP contribution in [-0.4, -0.2) is 29.5 Å². The molecule has 0 aromatic heterocycles. The van der Waals surface area contributed by atoms with Crippen LogP contribution in [0.5, 0.6) is 0 Å². The molecule has 0 aliphatic rings. The maximum Gasteiger partial charge on any atom is 0.233 e. The van der Waals surface area contributed by atoms with Gasteiger partial charge in [-0.05, 0) is 0 Å². The lowest BCUT2D eigenvalue weighted by atomic mass is 10.5. The van der Waals surface area contributed by atoms with E-state index in [0.29, 0.717) is 11.3 Å². The Labute approximate surface area is 46.7 Å². The molecule has 0 aliphatic heterocycles. The lowest BCUT2D eigenvalue weighted by molar-refractivity contribution is -0.150. The van der Waals surface area contributed by atoms with Crippen LogP contribution in [0.1, 0.15) is 6.42 Å². The lowest BCUT2D eigenvalue weighted by Crippen LogP contribution is -2.17. The number of carbonyl (C=O) groups excluding carboxylic acids is 2. The van der Waals surface area contributed by atoms with E-state index in [1.165, 1.54) is 0 Å². The van der Waals surface area contributed by atoms with Crippen LogP contribution in [0.4, 0.5) is 0 Å². The molecule has 0 aromatic rings. The smallest absolute Gasteiger partial charge is 0.233 e. The third-order valence-corrected chi connectivity index (χ3v) is 0.598. The van der Waals surface area contributed by atoms with Crippen LogP contribution in [0.15, 0.2) is 0 Å². The van der Waals surface area contributed by atoms with E-state index in [2.05, 4.69) is 0 Å². The standard InChI is InChI=1S/C4H7NO3/c6-3-1-2-5(8)4-7/h3-4,8H,1-2H2. The van der Waals surface area contributed by atoms with Crippen molar-refractivity contribution in [3.8, 4) is 0 Å². The molecule has 0 radical (unpaired) electrons. The Balaban J connectivity index is 3.09. The summed E-state index contributed by atoms with van der Waals surface area (Å²) >= 11 is 0. The van der Waals surface area contributed by atoms with Gasteiger partial charge in [-0.1, -0.05) is 0 Å². The van der Waals surface area contributed by atoms with Crippen LogP contribution in [0.3, 0.4) is 0 Å². The van der Waals surface area contributed by atoms with Gasteiger partial charge in [-0.25, -0.2) is 5.06 Å². The van der Waals surface area contributed by atoms with Crippen molar-refractivity contribution in [2.75, 3.05) is 6.54 Å². The van der Waals surface area contributed by atoms with Gasteiger partial charge in [-0.3, -0.25) is 10.0 Å². The molecule has 0 bridgehead atoms. The van der Waals surface area contributed by atoms with Gasteiger partial charge in [0, 0.05) is 6.42 Å². The summed E-state index contributed by atoms with van der Waals surface area (Å²) in [5.41, 5.74) is 0. The largest absolute Gasteiger partial charge is 0.303 e. The van der Waals surface area contributed by atoms with Crippen molar-refractivity contribution in [1.29, 1.82) is 0 Å². The molecule has 8 heavy (non-hydrogen) atoms. The van der Waals surface area contributed by atoms with Gasteiger partial charge in [0.25, 0.3) is 0 Å². The Kier molecular flexibility index (Phi) is 3.78. The highest BCUT2D eigenvalue weighted by Gasteiger charge is 1.90. The molecule has 0 spiro atoms. The second-order valence-electron chi connectivity index (χ2n) is 1.22. The van der Waals surface area contributed by atoms with Gasteiger partial charge in [-0.15, -0.1) is 0 Å². The van der Waals surface area contributed by atoms with Crippen molar-refractivity contribution in [3.63, 3.8) is 0 Å². The Morgan fingerprint density at radius 1 is 1.50 bits per heavy atom. The first-order chi connectivity index (χ1) is 3.81. The van der Waals surface area contributed by atoms with Crippen LogP contribution in [0.2, 0.25) is 0 Å². The summed E-state index contributed by atoms with van der Waals surface area (Å²) in [5, 5.41) is 8.72. The van der Waals surface area contributed by atoms with Crippen molar-refractivity contribution >= 4 is 12.7 Å². The number of rotatable bonds is 4. The number of aldehydes is 1. The second-order valence-corrected chi connectivity index (χ2v) is 1.22. The quantitative estimate of drug-likeness (QED) is 0.304. The summed E-state index contributed by atoms with van der Waals surface area (Å²) in [6.45, 7) is 0.0764. The number of hydroxylamine groups is 2. The molecule has 1 N–H and O–H groups in total. The molecule has 1 amide bonds. The van der Waals surface area contributed by atoms with Crippen molar-refractivity contribution in [1.82, 2.24) is 5.06 Å². The highest BCUT2D eigenvalue weighted by atomic mass is 16.5. The Morgan fingerprint density at radius 2 is 2.12 bits per heavy atom. The summed E-state index contributed by atoms with van der Waals surface area (Å²) in [6, 6.07) is 0. The molecule has 4 nitrogen and oxygen atoms in total. The van der Waals surface area contributed by atoms with Gasteiger partial charge < -0.3 is 4.79 Å². The molecule has 0 saturated heterocycles. The minimum absolute atomic E-state index is 0.0764. The molecular formula is C4H7NO3. The zero-order chi connectivity index (χ0) is 6.41. The van der Waals surface area contributed by atoms with Gasteiger partial charge in [0.15, 0.2) is 0 Å². The molecule has 46 valence electrons. The van der Waals surface area contributed by atoms with Gasteiger partial charge in [0.2, 0.25) is 6.41 Å². The summed E-state index contributed by atoms with van der Waals surface area (Å²) in [4.78, 5) is 19.1. The van der Waals surface area contributed by atoms with Crippen molar-refractivity contribution in [2.24, 2.45) is 0 Å². The molecule has 0 aliphatic carbocycles. The number of carbonyl (C=O) groups is 2. The molecular weight excluding hydrogens is 110 g/mol. The fourth-order valence-corrected chi connectivity index (χ4v) is 0.238. The molecule has 0 unspecified atom stereocenters. The average Bonchev–Trinajstić information content (AvgIpc) is 1.83. The summed E-state index contributed by atoms with van der Waals surface area (Å²) in [5.74, 6) is 0. The van der Waals surface area contributed by atoms with E-state index in [0.717, 1.165) is 0 Å². The van der Waals surface area contributed by atoms with E-state index in [4.69, 9.17) is 5.21 Å². The van der Waals surface area contributed by atoms with E-state index in [1.807, 2.05) is 0 Å². The van der Waals surface area contributed by atoms with Crippen molar-refractivity contribution < 1.29 is 14.8 Å². The summed E-state index contributed by atoms with van der Waals surface area (Å²) in [6.07, 6.45) is 1.06. The maximum absolute atomic E-state index is 9.57. The number of hydrogen-bond acceptors (Lipinski definition) is 3. The minimum Gasteiger partial charge on any atom is -0.303 e. The minimum atomic E-state index is 0.0764. The average molecular weight is 117 g/mol. The van der Waals surface area contributed by atoms with Gasteiger partial charge >= 0.3 is 0 Å². The molecule has 0 heterocycles. The Bertz CT molecular complexity index is 83.4. The predicted molar refractivity (Wildman–Crippen MR) is 25.2 cm³/mol. The Morgan fingerprint density at radius 3 is 2.50 bits per heavy atom. The van der Waals surface area contributed by atoms with Gasteiger partial charge in [0.1, 0.15) is 6.29 Å². The van der Waals surface area contributed by atoms with E-state index in [1.54, 1.807) is 0 Å². The van der Waals surface area contributed by atoms with Crippen LogP contribution in [0.25, 0.3) is 0 Å². The molecule has 4 heteroatoms. The fourth-order valence-electron chi connectivity index (χ4n) is 0.238. The SMILES string of the molecule is O=CCCN(O)C=O. The van der Waals surface area contributed by atoms with Crippen LogP contribution in [-0.2, 0) is 9.59 Å². The third-order valence-electron chi connectivity index (χ3n) is 0.598. The van der Waals surface area contributed by atoms with E-state index in [-0.39, 0.29) is 19.4 Å². The summed E-state index contributed by atoms with van der Waals surface area (Å²) in [7, 11) is 0. The van der Waals surface area contributed by atoms with Gasteiger partial charge in [0.05, 0.1) is 6.54 Å². The highest BCUT2D eigenvalue weighted by Crippen LogP contribution is 1.75. The first kappa shape index (κ1) is 7.10. The third kappa shape index (κ3) is 3.30. The molecule has 0 fully saturated rings. The van der Waals surface area contributed by atoms with Crippen molar-refractivity contribution in [2.45, 2.75) is 6.42 Å². The number of nitrogens with zero attached hydrogens (tertiary/aromatic N) is 1. The zero-order valence-corrected chi connectivity index (χ0v) is 4.28. The van der Waals surface area contributed by atoms with E-state index in [9.17, 15) is 9.59 Å².